The Hall–Kier alpha value is -3.06. The van der Waals surface area contributed by atoms with Crippen molar-refractivity contribution in [1.82, 2.24) is 15.1 Å². The van der Waals surface area contributed by atoms with Gasteiger partial charge in [0.2, 0.25) is 18.6 Å². The quantitative estimate of drug-likeness (QED) is 0.672. The maximum absolute atomic E-state index is 5.96. The van der Waals surface area contributed by atoms with Crippen molar-refractivity contribution in [3.05, 3.63) is 53.9 Å². The Labute approximate surface area is 162 Å². The molecule has 0 aliphatic carbocycles. The summed E-state index contributed by atoms with van der Waals surface area (Å²) in [6.45, 7) is 3.07. The van der Waals surface area contributed by atoms with E-state index in [4.69, 9.17) is 18.6 Å². The van der Waals surface area contributed by atoms with Gasteiger partial charge in [-0.1, -0.05) is 6.07 Å². The molecule has 144 valence electrons. The molecule has 5 rings (SSSR count). The van der Waals surface area contributed by atoms with Crippen LogP contribution in [0.1, 0.15) is 23.8 Å². The largest absolute Gasteiger partial charge is 0.497 e. The molecular formula is C21H21N3O4. The van der Waals surface area contributed by atoms with Gasteiger partial charge in [0.1, 0.15) is 5.75 Å². The maximum atomic E-state index is 5.96. The normalized spacial score (nSPS) is 18.5. The van der Waals surface area contributed by atoms with Crippen LogP contribution in [-0.4, -0.2) is 42.1 Å². The highest BCUT2D eigenvalue weighted by atomic mass is 16.7. The van der Waals surface area contributed by atoms with Gasteiger partial charge in [-0.15, -0.1) is 10.2 Å². The number of likely N-dealkylation sites (tertiary alicyclic amines) is 1. The van der Waals surface area contributed by atoms with Crippen LogP contribution in [0, 0.1) is 0 Å². The Morgan fingerprint density at radius 2 is 1.93 bits per heavy atom. The summed E-state index contributed by atoms with van der Waals surface area (Å²) in [5.74, 6) is 3.96. The van der Waals surface area contributed by atoms with Gasteiger partial charge in [0, 0.05) is 18.7 Å². The molecule has 0 saturated carbocycles. The molecular weight excluding hydrogens is 358 g/mol. The van der Waals surface area contributed by atoms with E-state index in [-0.39, 0.29) is 5.92 Å². The lowest BCUT2D eigenvalue weighted by Gasteiger charge is -2.15. The smallest absolute Gasteiger partial charge is 0.247 e. The first-order chi connectivity index (χ1) is 13.8. The van der Waals surface area contributed by atoms with Crippen molar-refractivity contribution >= 4 is 0 Å². The number of hydrogen-bond donors (Lipinski definition) is 0. The summed E-state index contributed by atoms with van der Waals surface area (Å²) >= 11 is 0. The van der Waals surface area contributed by atoms with Crippen molar-refractivity contribution in [2.24, 2.45) is 0 Å². The van der Waals surface area contributed by atoms with Crippen LogP contribution in [0.2, 0.25) is 0 Å². The van der Waals surface area contributed by atoms with Crippen LogP contribution in [0.4, 0.5) is 0 Å². The van der Waals surface area contributed by atoms with Gasteiger partial charge in [0.05, 0.1) is 13.0 Å². The molecule has 0 spiro atoms. The predicted octanol–water partition coefficient (Wildman–Crippen LogP) is 3.46. The standard InChI is InChI=1S/C21H21N3O4/c1-25-17-5-3-15(4-6-17)20-22-23-21(28-20)16-8-9-24(12-16)11-14-2-7-18-19(10-14)27-13-26-18/h2-7,10,16H,8-9,11-13H2,1H3/t16-/m0/s1. The first-order valence-corrected chi connectivity index (χ1v) is 9.37. The van der Waals surface area contributed by atoms with E-state index in [1.165, 1.54) is 5.56 Å². The average Bonchev–Trinajstić information content (AvgIpc) is 3.48. The second kappa shape index (κ2) is 7.16. The molecule has 1 saturated heterocycles. The summed E-state index contributed by atoms with van der Waals surface area (Å²) in [4.78, 5) is 2.40. The zero-order valence-corrected chi connectivity index (χ0v) is 15.6. The topological polar surface area (TPSA) is 69.9 Å². The number of nitrogens with zero attached hydrogens (tertiary/aromatic N) is 3. The van der Waals surface area contributed by atoms with E-state index >= 15 is 0 Å². The van der Waals surface area contributed by atoms with Crippen molar-refractivity contribution in [3.8, 4) is 28.7 Å². The molecule has 3 heterocycles. The highest BCUT2D eigenvalue weighted by Crippen LogP contribution is 2.34. The molecule has 0 bridgehead atoms. The van der Waals surface area contributed by atoms with Crippen molar-refractivity contribution in [3.63, 3.8) is 0 Å². The zero-order chi connectivity index (χ0) is 18.9. The monoisotopic (exact) mass is 379 g/mol. The Morgan fingerprint density at radius 1 is 1.07 bits per heavy atom. The van der Waals surface area contributed by atoms with E-state index in [1.54, 1.807) is 7.11 Å². The molecule has 7 heteroatoms. The summed E-state index contributed by atoms with van der Waals surface area (Å²) in [7, 11) is 1.65. The first-order valence-electron chi connectivity index (χ1n) is 9.37. The van der Waals surface area contributed by atoms with E-state index in [0.29, 0.717) is 18.6 Å². The Balaban J connectivity index is 1.24. The molecule has 1 aromatic heterocycles. The van der Waals surface area contributed by atoms with Crippen LogP contribution in [0.15, 0.2) is 46.9 Å². The summed E-state index contributed by atoms with van der Waals surface area (Å²) in [5, 5.41) is 8.52. The van der Waals surface area contributed by atoms with Gasteiger partial charge in [-0.05, 0) is 54.9 Å². The molecule has 0 amide bonds. The fraction of sp³-hybridized carbons (Fsp3) is 0.333. The molecule has 0 N–H and O–H groups in total. The average molecular weight is 379 g/mol. The van der Waals surface area contributed by atoms with Crippen LogP contribution < -0.4 is 14.2 Å². The third-order valence-electron chi connectivity index (χ3n) is 5.24. The van der Waals surface area contributed by atoms with Gasteiger partial charge < -0.3 is 18.6 Å². The van der Waals surface area contributed by atoms with Gasteiger partial charge in [0.25, 0.3) is 0 Å². The second-order valence-corrected chi connectivity index (χ2v) is 7.08. The lowest BCUT2D eigenvalue weighted by atomic mass is 10.1. The lowest BCUT2D eigenvalue weighted by Crippen LogP contribution is -2.19. The summed E-state index contributed by atoms with van der Waals surface area (Å²) < 4.78 is 22.0. The number of methoxy groups -OCH3 is 1. The molecule has 2 aliphatic rings. The van der Waals surface area contributed by atoms with Crippen molar-refractivity contribution in [2.45, 2.75) is 18.9 Å². The fourth-order valence-corrected chi connectivity index (χ4v) is 3.73. The van der Waals surface area contributed by atoms with E-state index < -0.39 is 0 Å². The van der Waals surface area contributed by atoms with E-state index in [1.807, 2.05) is 30.3 Å². The minimum absolute atomic E-state index is 0.258. The molecule has 7 nitrogen and oxygen atoms in total. The summed E-state index contributed by atoms with van der Waals surface area (Å²) in [6.07, 6.45) is 1.01. The Kier molecular flexibility index (Phi) is 4.37. The van der Waals surface area contributed by atoms with Gasteiger partial charge in [0.15, 0.2) is 11.5 Å². The molecule has 0 unspecified atom stereocenters. The lowest BCUT2D eigenvalue weighted by molar-refractivity contribution is 0.174. The van der Waals surface area contributed by atoms with Crippen LogP contribution >= 0.6 is 0 Å². The van der Waals surface area contributed by atoms with Gasteiger partial charge in [-0.25, -0.2) is 0 Å². The third kappa shape index (κ3) is 3.29. The number of ether oxygens (including phenoxy) is 3. The Bertz CT molecular complexity index is 970. The highest BCUT2D eigenvalue weighted by Gasteiger charge is 2.28. The fourth-order valence-electron chi connectivity index (χ4n) is 3.73. The highest BCUT2D eigenvalue weighted by molar-refractivity contribution is 5.54. The van der Waals surface area contributed by atoms with Crippen LogP contribution in [-0.2, 0) is 6.54 Å². The maximum Gasteiger partial charge on any atom is 0.247 e. The molecule has 28 heavy (non-hydrogen) atoms. The molecule has 2 aromatic carbocycles. The van der Waals surface area contributed by atoms with Crippen LogP contribution in [0.25, 0.3) is 11.5 Å². The Morgan fingerprint density at radius 3 is 2.79 bits per heavy atom. The van der Waals surface area contributed by atoms with Crippen LogP contribution in [0.5, 0.6) is 17.2 Å². The number of aromatic nitrogens is 2. The summed E-state index contributed by atoms with van der Waals surface area (Å²) in [5.41, 5.74) is 2.11. The molecule has 2 aliphatic heterocycles. The van der Waals surface area contributed by atoms with Gasteiger partial charge >= 0.3 is 0 Å². The third-order valence-corrected chi connectivity index (χ3v) is 5.24. The zero-order valence-electron chi connectivity index (χ0n) is 15.6. The minimum atomic E-state index is 0.258. The molecule has 1 atom stereocenters. The van der Waals surface area contributed by atoms with Crippen molar-refractivity contribution in [2.75, 3.05) is 27.0 Å². The van der Waals surface area contributed by atoms with Crippen molar-refractivity contribution in [1.29, 1.82) is 0 Å². The number of benzene rings is 2. The van der Waals surface area contributed by atoms with Crippen LogP contribution in [0.3, 0.4) is 0 Å². The van der Waals surface area contributed by atoms with Gasteiger partial charge in [-0.2, -0.15) is 0 Å². The summed E-state index contributed by atoms with van der Waals surface area (Å²) in [6, 6.07) is 13.8. The number of rotatable bonds is 5. The molecule has 1 fully saturated rings. The minimum Gasteiger partial charge on any atom is -0.497 e. The SMILES string of the molecule is COc1ccc(-c2nnc([C@H]3CCN(Cc4ccc5c(c4)OCO5)C3)o2)cc1. The first kappa shape index (κ1) is 17.1. The van der Waals surface area contributed by atoms with E-state index in [0.717, 1.165) is 48.9 Å². The van der Waals surface area contributed by atoms with Crippen molar-refractivity contribution < 1.29 is 18.6 Å². The molecule has 0 radical (unpaired) electrons. The number of fused-ring (bicyclic) bond motifs is 1. The predicted molar refractivity (Wildman–Crippen MR) is 101 cm³/mol. The van der Waals surface area contributed by atoms with Gasteiger partial charge in [-0.3, -0.25) is 4.90 Å². The van der Waals surface area contributed by atoms with E-state index in [9.17, 15) is 0 Å². The molecule has 3 aromatic rings. The number of hydrogen-bond acceptors (Lipinski definition) is 7. The second-order valence-electron chi connectivity index (χ2n) is 7.08. The van der Waals surface area contributed by atoms with E-state index in [2.05, 4.69) is 27.2 Å².